The van der Waals surface area contributed by atoms with Crippen LogP contribution in [0.25, 0.3) is 16.6 Å². The SMILES string of the molecule is CCCCCCCC(=O)N(Cc1ccccc1)C(C)c1nc2ccccc2c(=O)n1-c1ccc(Cl)cc1. The number of unbranched alkanes of at least 4 members (excludes halogenated alkanes) is 4. The Hall–Kier alpha value is -3.44. The van der Waals surface area contributed by atoms with E-state index in [2.05, 4.69) is 6.92 Å². The molecule has 3 aromatic carbocycles. The van der Waals surface area contributed by atoms with Crippen molar-refractivity contribution in [3.05, 3.63) is 106 Å². The van der Waals surface area contributed by atoms with Gasteiger partial charge in [-0.2, -0.15) is 0 Å². The number of aromatic nitrogens is 2. The molecule has 4 rings (SSSR count). The van der Waals surface area contributed by atoms with E-state index in [1.54, 1.807) is 22.8 Å². The van der Waals surface area contributed by atoms with Crippen molar-refractivity contribution in [1.29, 1.82) is 0 Å². The van der Waals surface area contributed by atoms with Gasteiger partial charge in [-0.25, -0.2) is 4.98 Å². The van der Waals surface area contributed by atoms with Gasteiger partial charge in [0.05, 0.1) is 22.6 Å². The zero-order chi connectivity index (χ0) is 26.2. The fourth-order valence-electron chi connectivity index (χ4n) is 4.65. The number of nitrogens with zero attached hydrogens (tertiary/aromatic N) is 3. The van der Waals surface area contributed by atoms with Crippen molar-refractivity contribution in [2.75, 3.05) is 0 Å². The summed E-state index contributed by atoms with van der Waals surface area (Å²) < 4.78 is 1.62. The first kappa shape index (κ1) is 26.6. The smallest absolute Gasteiger partial charge is 0.266 e. The van der Waals surface area contributed by atoms with Crippen LogP contribution in [0.3, 0.4) is 0 Å². The number of hydrogen-bond acceptors (Lipinski definition) is 3. The van der Waals surface area contributed by atoms with E-state index in [9.17, 15) is 9.59 Å². The van der Waals surface area contributed by atoms with Gasteiger partial charge in [0.25, 0.3) is 5.56 Å². The van der Waals surface area contributed by atoms with Crippen molar-refractivity contribution in [3.63, 3.8) is 0 Å². The summed E-state index contributed by atoms with van der Waals surface area (Å²) in [7, 11) is 0. The third-order valence-electron chi connectivity index (χ3n) is 6.74. The Morgan fingerprint density at radius 2 is 1.59 bits per heavy atom. The molecule has 5 nitrogen and oxygen atoms in total. The fourth-order valence-corrected chi connectivity index (χ4v) is 4.78. The first-order chi connectivity index (χ1) is 18.0. The lowest BCUT2D eigenvalue weighted by molar-refractivity contribution is -0.134. The van der Waals surface area contributed by atoms with Crippen LogP contribution < -0.4 is 5.56 Å². The molecule has 0 spiro atoms. The Kier molecular flexibility index (Phi) is 9.13. The minimum absolute atomic E-state index is 0.0675. The molecule has 0 fully saturated rings. The van der Waals surface area contributed by atoms with Gasteiger partial charge in [-0.15, -0.1) is 0 Å². The van der Waals surface area contributed by atoms with Crippen molar-refractivity contribution >= 4 is 28.4 Å². The summed E-state index contributed by atoms with van der Waals surface area (Å²) >= 11 is 6.14. The summed E-state index contributed by atoms with van der Waals surface area (Å²) in [6.45, 7) is 4.59. The lowest BCUT2D eigenvalue weighted by Gasteiger charge is -2.31. The van der Waals surface area contributed by atoms with E-state index in [1.165, 1.54) is 12.8 Å². The summed E-state index contributed by atoms with van der Waals surface area (Å²) in [5.41, 5.74) is 2.16. The number of amides is 1. The standard InChI is InChI=1S/C31H34ClN3O2/c1-3-4-5-6-10-17-29(36)34(22-24-13-8-7-9-14-24)23(2)30-33-28-16-12-11-15-27(28)31(37)35(30)26-20-18-25(32)19-21-26/h7-9,11-16,18-21,23H,3-6,10,17,22H2,1-2H3. The zero-order valence-corrected chi connectivity index (χ0v) is 22.3. The monoisotopic (exact) mass is 515 g/mol. The molecule has 0 saturated heterocycles. The van der Waals surface area contributed by atoms with E-state index in [0.29, 0.717) is 40.4 Å². The molecule has 192 valence electrons. The van der Waals surface area contributed by atoms with E-state index in [4.69, 9.17) is 16.6 Å². The molecule has 0 aliphatic carbocycles. The highest BCUT2D eigenvalue weighted by molar-refractivity contribution is 6.30. The Morgan fingerprint density at radius 3 is 2.32 bits per heavy atom. The normalized spacial score (nSPS) is 12.0. The molecule has 4 aromatic rings. The second-order valence-electron chi connectivity index (χ2n) is 9.45. The highest BCUT2D eigenvalue weighted by atomic mass is 35.5. The van der Waals surface area contributed by atoms with Gasteiger partial charge in [-0.05, 0) is 55.3 Å². The first-order valence-corrected chi connectivity index (χ1v) is 13.5. The van der Waals surface area contributed by atoms with Crippen LogP contribution in [0.4, 0.5) is 0 Å². The maximum Gasteiger partial charge on any atom is 0.266 e. The lowest BCUT2D eigenvalue weighted by Crippen LogP contribution is -2.37. The molecule has 0 N–H and O–H groups in total. The third-order valence-corrected chi connectivity index (χ3v) is 6.99. The molecule has 0 aliphatic heterocycles. The van der Waals surface area contributed by atoms with Gasteiger partial charge in [-0.3, -0.25) is 14.2 Å². The molecule has 6 heteroatoms. The van der Waals surface area contributed by atoms with Gasteiger partial charge in [0, 0.05) is 18.0 Å². The predicted octanol–water partition coefficient (Wildman–Crippen LogP) is 7.49. The molecule has 0 saturated carbocycles. The summed E-state index contributed by atoms with van der Waals surface area (Å²) in [5.74, 6) is 0.596. The highest BCUT2D eigenvalue weighted by Crippen LogP contribution is 2.26. The lowest BCUT2D eigenvalue weighted by atomic mass is 10.1. The molecule has 0 bridgehead atoms. The average Bonchev–Trinajstić information content (AvgIpc) is 2.92. The fraction of sp³-hybridized carbons (Fsp3) is 0.323. The summed E-state index contributed by atoms with van der Waals surface area (Å²) in [4.78, 5) is 34.2. The number of carbonyl (C=O) groups is 1. The van der Waals surface area contributed by atoms with E-state index < -0.39 is 6.04 Å². The van der Waals surface area contributed by atoms with Gasteiger partial charge < -0.3 is 4.90 Å². The van der Waals surface area contributed by atoms with E-state index in [0.717, 1.165) is 24.8 Å². The number of hydrogen-bond donors (Lipinski definition) is 0. The third kappa shape index (κ3) is 6.47. The molecule has 1 aromatic heterocycles. The van der Waals surface area contributed by atoms with Crippen molar-refractivity contribution in [2.24, 2.45) is 0 Å². The summed E-state index contributed by atoms with van der Waals surface area (Å²) in [5, 5.41) is 1.12. The van der Waals surface area contributed by atoms with Crippen LogP contribution in [0.1, 0.15) is 69.8 Å². The molecule has 1 atom stereocenters. The van der Waals surface area contributed by atoms with Crippen molar-refractivity contribution < 1.29 is 4.79 Å². The molecule has 1 unspecified atom stereocenters. The van der Waals surface area contributed by atoms with Gasteiger partial charge >= 0.3 is 0 Å². The van der Waals surface area contributed by atoms with Crippen LogP contribution >= 0.6 is 11.6 Å². The quantitative estimate of drug-likeness (QED) is 0.194. The van der Waals surface area contributed by atoms with E-state index in [-0.39, 0.29) is 11.5 Å². The van der Waals surface area contributed by atoms with Gasteiger partial charge in [-0.1, -0.05) is 86.7 Å². The number of para-hydroxylation sites is 1. The zero-order valence-electron chi connectivity index (χ0n) is 21.6. The molecular formula is C31H34ClN3O2. The first-order valence-electron chi connectivity index (χ1n) is 13.1. The minimum Gasteiger partial charge on any atom is -0.328 e. The number of benzene rings is 3. The largest absolute Gasteiger partial charge is 0.328 e. The molecule has 37 heavy (non-hydrogen) atoms. The van der Waals surface area contributed by atoms with Gasteiger partial charge in [0.1, 0.15) is 5.82 Å². The van der Waals surface area contributed by atoms with Crippen molar-refractivity contribution in [3.8, 4) is 5.69 Å². The Morgan fingerprint density at radius 1 is 0.919 bits per heavy atom. The topological polar surface area (TPSA) is 55.2 Å². The number of rotatable bonds is 11. The highest BCUT2D eigenvalue weighted by Gasteiger charge is 2.27. The molecule has 1 amide bonds. The number of halogens is 1. The second kappa shape index (κ2) is 12.7. The van der Waals surface area contributed by atoms with Crippen LogP contribution in [-0.2, 0) is 11.3 Å². The molecule has 0 radical (unpaired) electrons. The van der Waals surface area contributed by atoms with Crippen LogP contribution in [-0.4, -0.2) is 20.4 Å². The Balaban J connectivity index is 1.77. The molecular weight excluding hydrogens is 482 g/mol. The van der Waals surface area contributed by atoms with Crippen LogP contribution in [0.5, 0.6) is 0 Å². The second-order valence-corrected chi connectivity index (χ2v) is 9.89. The predicted molar refractivity (Wildman–Crippen MR) is 151 cm³/mol. The van der Waals surface area contributed by atoms with Crippen LogP contribution in [0.2, 0.25) is 5.02 Å². The average molecular weight is 516 g/mol. The van der Waals surface area contributed by atoms with Gasteiger partial charge in [0.2, 0.25) is 5.91 Å². The van der Waals surface area contributed by atoms with Crippen molar-refractivity contribution in [2.45, 2.75) is 65.0 Å². The number of fused-ring (bicyclic) bond motifs is 1. The summed E-state index contributed by atoms with van der Waals surface area (Å²) in [6, 6.07) is 24.0. The summed E-state index contributed by atoms with van der Waals surface area (Å²) in [6.07, 6.45) is 5.86. The Labute approximate surface area is 223 Å². The minimum atomic E-state index is -0.434. The van der Waals surface area contributed by atoms with E-state index >= 15 is 0 Å². The van der Waals surface area contributed by atoms with E-state index in [1.807, 2.05) is 72.5 Å². The Bertz CT molecular complexity index is 1380. The maximum atomic E-state index is 13.7. The molecule has 1 heterocycles. The van der Waals surface area contributed by atoms with Crippen LogP contribution in [0, 0.1) is 0 Å². The van der Waals surface area contributed by atoms with Crippen LogP contribution in [0.15, 0.2) is 83.7 Å². The maximum absolute atomic E-state index is 13.7. The molecule has 0 aliphatic rings. The van der Waals surface area contributed by atoms with Crippen molar-refractivity contribution in [1.82, 2.24) is 14.5 Å². The van der Waals surface area contributed by atoms with Gasteiger partial charge in [0.15, 0.2) is 0 Å². The number of carbonyl (C=O) groups excluding carboxylic acids is 1.